The molecule has 0 aromatic carbocycles. The van der Waals surface area contributed by atoms with Crippen molar-refractivity contribution in [2.75, 3.05) is 18.0 Å². The number of anilines is 1. The van der Waals surface area contributed by atoms with Gasteiger partial charge in [-0.2, -0.15) is 0 Å². The van der Waals surface area contributed by atoms with E-state index in [2.05, 4.69) is 4.98 Å². The lowest BCUT2D eigenvalue weighted by Gasteiger charge is -2.24. The van der Waals surface area contributed by atoms with E-state index in [-0.39, 0.29) is 25.2 Å². The summed E-state index contributed by atoms with van der Waals surface area (Å²) >= 11 is 0. The third kappa shape index (κ3) is 5.05. The van der Waals surface area contributed by atoms with Crippen molar-refractivity contribution < 1.29 is 24.7 Å². The van der Waals surface area contributed by atoms with E-state index >= 15 is 0 Å². The summed E-state index contributed by atoms with van der Waals surface area (Å²) < 4.78 is 0. The summed E-state index contributed by atoms with van der Waals surface area (Å²) in [6, 6.07) is 2.61. The van der Waals surface area contributed by atoms with Gasteiger partial charge in [-0.15, -0.1) is 0 Å². The third-order valence-electron chi connectivity index (χ3n) is 2.78. The molecule has 9 heteroatoms. The molecule has 114 valence electrons. The van der Waals surface area contributed by atoms with Crippen molar-refractivity contribution in [3.8, 4) is 0 Å². The Balaban J connectivity index is 2.90. The number of carbonyl (C=O) groups is 2. The fourth-order valence-electron chi connectivity index (χ4n) is 1.61. The zero-order valence-corrected chi connectivity index (χ0v) is 11.3. The molecule has 1 heterocycles. The Hall–Kier alpha value is -2.71. The summed E-state index contributed by atoms with van der Waals surface area (Å²) in [6.07, 6.45) is 0.861. The molecule has 1 atom stereocenters. The van der Waals surface area contributed by atoms with Gasteiger partial charge in [-0.25, -0.2) is 4.98 Å². The highest BCUT2D eigenvalue weighted by Gasteiger charge is 2.19. The van der Waals surface area contributed by atoms with Crippen LogP contribution in [0, 0.1) is 16.0 Å². The highest BCUT2D eigenvalue weighted by Crippen LogP contribution is 2.17. The van der Waals surface area contributed by atoms with Crippen molar-refractivity contribution in [2.45, 2.75) is 13.3 Å². The summed E-state index contributed by atoms with van der Waals surface area (Å²) in [5.74, 6) is -2.46. The molecule has 9 nitrogen and oxygen atoms in total. The lowest BCUT2D eigenvalue weighted by atomic mass is 10.1. The van der Waals surface area contributed by atoms with E-state index in [1.807, 2.05) is 0 Å². The summed E-state index contributed by atoms with van der Waals surface area (Å²) in [5, 5.41) is 28.2. The maximum absolute atomic E-state index is 10.9. The van der Waals surface area contributed by atoms with Crippen LogP contribution in [0.2, 0.25) is 0 Å². The van der Waals surface area contributed by atoms with Crippen LogP contribution in [0.5, 0.6) is 0 Å². The summed E-state index contributed by atoms with van der Waals surface area (Å²) in [4.78, 5) is 36.9. The topological polar surface area (TPSA) is 134 Å². The Morgan fingerprint density at radius 1 is 1.43 bits per heavy atom. The van der Waals surface area contributed by atoms with Gasteiger partial charge in [-0.3, -0.25) is 19.7 Å². The van der Waals surface area contributed by atoms with E-state index in [0.29, 0.717) is 5.82 Å². The van der Waals surface area contributed by atoms with Gasteiger partial charge >= 0.3 is 11.9 Å². The lowest BCUT2D eigenvalue weighted by Crippen LogP contribution is -2.34. The van der Waals surface area contributed by atoms with Gasteiger partial charge in [-0.1, -0.05) is 6.92 Å². The Labute approximate surface area is 120 Å². The fourth-order valence-corrected chi connectivity index (χ4v) is 1.61. The van der Waals surface area contributed by atoms with Gasteiger partial charge < -0.3 is 15.1 Å². The first-order chi connectivity index (χ1) is 9.81. The zero-order valence-electron chi connectivity index (χ0n) is 11.3. The van der Waals surface area contributed by atoms with Crippen LogP contribution in [0.3, 0.4) is 0 Å². The van der Waals surface area contributed by atoms with Crippen molar-refractivity contribution in [2.24, 2.45) is 5.92 Å². The summed E-state index contributed by atoms with van der Waals surface area (Å²) in [7, 11) is 0. The van der Waals surface area contributed by atoms with Crippen LogP contribution in [0.25, 0.3) is 0 Å². The normalized spacial score (nSPS) is 11.7. The molecule has 0 aliphatic carbocycles. The molecule has 1 rings (SSSR count). The molecule has 0 bridgehead atoms. The minimum absolute atomic E-state index is 0.0629. The average Bonchev–Trinajstić information content (AvgIpc) is 2.42. The highest BCUT2D eigenvalue weighted by molar-refractivity contribution is 5.71. The van der Waals surface area contributed by atoms with Crippen molar-refractivity contribution in [1.29, 1.82) is 0 Å². The quantitative estimate of drug-likeness (QED) is 0.536. The molecule has 0 radical (unpaired) electrons. The van der Waals surface area contributed by atoms with E-state index in [9.17, 15) is 19.7 Å². The van der Waals surface area contributed by atoms with Gasteiger partial charge in [0.05, 0.1) is 17.3 Å². The maximum atomic E-state index is 10.9. The van der Waals surface area contributed by atoms with E-state index in [4.69, 9.17) is 10.2 Å². The molecule has 0 fully saturated rings. The molecule has 21 heavy (non-hydrogen) atoms. The van der Waals surface area contributed by atoms with E-state index in [0.717, 1.165) is 6.20 Å². The highest BCUT2D eigenvalue weighted by atomic mass is 16.6. The SMILES string of the molecule is CC(CN(CCC(=O)O)c1ccc([N+](=O)[O-])cn1)C(=O)O. The Morgan fingerprint density at radius 2 is 2.10 bits per heavy atom. The molecule has 0 saturated heterocycles. The Morgan fingerprint density at radius 3 is 2.52 bits per heavy atom. The summed E-state index contributed by atoms with van der Waals surface area (Å²) in [6.45, 7) is 1.62. The number of hydrogen-bond acceptors (Lipinski definition) is 6. The number of rotatable bonds is 8. The van der Waals surface area contributed by atoms with Gasteiger partial charge in [0.25, 0.3) is 5.69 Å². The number of nitro groups is 1. The van der Waals surface area contributed by atoms with Crippen LogP contribution in [0.4, 0.5) is 11.5 Å². The van der Waals surface area contributed by atoms with E-state index in [1.165, 1.54) is 24.0 Å². The number of aromatic nitrogens is 1. The predicted octanol–water partition coefficient (Wildman–Crippen LogP) is 0.992. The molecule has 0 aliphatic rings. The first kappa shape index (κ1) is 16.3. The molecule has 0 spiro atoms. The van der Waals surface area contributed by atoms with Crippen LogP contribution in [0.15, 0.2) is 18.3 Å². The number of nitrogens with zero attached hydrogens (tertiary/aromatic N) is 3. The van der Waals surface area contributed by atoms with Gasteiger partial charge in [0.2, 0.25) is 0 Å². The molecule has 1 aromatic heterocycles. The first-order valence-electron chi connectivity index (χ1n) is 6.11. The number of pyridine rings is 1. The molecule has 1 aromatic rings. The average molecular weight is 297 g/mol. The number of carboxylic acid groups (broad SMARTS) is 2. The maximum Gasteiger partial charge on any atom is 0.308 e. The standard InChI is InChI=1S/C12H15N3O6/c1-8(12(18)19)7-14(5-4-11(16)17)10-3-2-9(6-13-10)15(20)21/h2-3,6,8H,4-5,7H2,1H3,(H,16,17)(H,18,19). The third-order valence-corrected chi connectivity index (χ3v) is 2.78. The first-order valence-corrected chi connectivity index (χ1v) is 6.11. The Bertz CT molecular complexity index is 530. The van der Waals surface area contributed by atoms with Crippen molar-refractivity contribution in [3.05, 3.63) is 28.4 Å². The number of carboxylic acids is 2. The second-order valence-corrected chi connectivity index (χ2v) is 4.46. The molecule has 0 aliphatic heterocycles. The van der Waals surface area contributed by atoms with Crippen LogP contribution in [-0.4, -0.2) is 45.1 Å². The monoisotopic (exact) mass is 297 g/mol. The fraction of sp³-hybridized carbons (Fsp3) is 0.417. The van der Waals surface area contributed by atoms with Gasteiger partial charge in [0.1, 0.15) is 12.0 Å². The molecule has 0 saturated carbocycles. The second kappa shape index (κ2) is 7.17. The largest absolute Gasteiger partial charge is 0.481 e. The molecule has 1 unspecified atom stereocenters. The number of hydrogen-bond donors (Lipinski definition) is 2. The molecule has 0 amide bonds. The van der Waals surface area contributed by atoms with Crippen molar-refractivity contribution >= 4 is 23.4 Å². The zero-order chi connectivity index (χ0) is 16.0. The minimum atomic E-state index is -1.02. The smallest absolute Gasteiger partial charge is 0.308 e. The van der Waals surface area contributed by atoms with Crippen molar-refractivity contribution in [1.82, 2.24) is 4.98 Å². The van der Waals surface area contributed by atoms with Crippen LogP contribution < -0.4 is 4.90 Å². The Kier molecular flexibility index (Phi) is 5.58. The molecule has 2 N–H and O–H groups in total. The van der Waals surface area contributed by atoms with Gasteiger partial charge in [0, 0.05) is 19.2 Å². The van der Waals surface area contributed by atoms with Crippen molar-refractivity contribution in [3.63, 3.8) is 0 Å². The van der Waals surface area contributed by atoms with E-state index < -0.39 is 22.8 Å². The lowest BCUT2D eigenvalue weighted by molar-refractivity contribution is -0.385. The summed E-state index contributed by atoms with van der Waals surface area (Å²) in [5.41, 5.74) is -0.191. The van der Waals surface area contributed by atoms with Crippen LogP contribution in [0.1, 0.15) is 13.3 Å². The van der Waals surface area contributed by atoms with Gasteiger partial charge in [0.15, 0.2) is 0 Å². The van der Waals surface area contributed by atoms with E-state index in [1.54, 1.807) is 0 Å². The van der Waals surface area contributed by atoms with Crippen LogP contribution >= 0.6 is 0 Å². The van der Waals surface area contributed by atoms with Crippen LogP contribution in [-0.2, 0) is 9.59 Å². The molecular formula is C12H15N3O6. The predicted molar refractivity (Wildman–Crippen MR) is 72.2 cm³/mol. The minimum Gasteiger partial charge on any atom is -0.481 e. The second-order valence-electron chi connectivity index (χ2n) is 4.46. The molecular weight excluding hydrogens is 282 g/mol. The van der Waals surface area contributed by atoms with Gasteiger partial charge in [-0.05, 0) is 6.07 Å². The number of aliphatic carboxylic acids is 2.